The number of likely N-dealkylation sites (N-methyl/N-ethyl adjacent to an activating group) is 1. The van der Waals surface area contributed by atoms with Gasteiger partial charge in [0.05, 0.1) is 4.91 Å². The largest absolute Gasteiger partial charge is 0.385 e. The first-order valence-electron chi connectivity index (χ1n) is 10.1. The highest BCUT2D eigenvalue weighted by molar-refractivity contribution is 8.26. The predicted molar refractivity (Wildman–Crippen MR) is 127 cm³/mol. The topological polar surface area (TPSA) is 81.8 Å². The van der Waals surface area contributed by atoms with E-state index in [1.165, 1.54) is 16.3 Å². The third kappa shape index (κ3) is 4.70. The lowest BCUT2D eigenvalue weighted by Gasteiger charge is -2.36. The predicted octanol–water partition coefficient (Wildman–Crippen LogP) is 1.55. The molecule has 1 aromatic rings. The number of amides is 1. The van der Waals surface area contributed by atoms with Crippen LogP contribution in [0, 0.1) is 18.3 Å². The van der Waals surface area contributed by atoms with Crippen LogP contribution in [-0.2, 0) is 16.6 Å². The Balaban J connectivity index is 2.07. The van der Waals surface area contributed by atoms with Gasteiger partial charge in [0.2, 0.25) is 0 Å². The Bertz CT molecular complexity index is 1020. The highest BCUT2D eigenvalue weighted by Crippen LogP contribution is 2.35. The standard InChI is InChI=1S/C21H27N5O3S2/c1-14-15(12-17-20(28)26(21(30)31-17)6-5-11-29-4)18(24(3)19(27)16(14)13-22)25-9-7-23(2)8-10-25/h12H,5-11H2,1-4H3. The van der Waals surface area contributed by atoms with Gasteiger partial charge in [0.25, 0.3) is 11.5 Å². The van der Waals surface area contributed by atoms with Crippen molar-refractivity contribution in [2.45, 2.75) is 13.3 Å². The smallest absolute Gasteiger partial charge is 0.270 e. The summed E-state index contributed by atoms with van der Waals surface area (Å²) in [5.74, 6) is 0.585. The van der Waals surface area contributed by atoms with Gasteiger partial charge in [-0.25, -0.2) is 0 Å². The molecule has 0 bridgehead atoms. The molecule has 2 aliphatic rings. The molecule has 2 fully saturated rings. The lowest BCUT2D eigenvalue weighted by atomic mass is 10.0. The Labute approximate surface area is 192 Å². The molecule has 10 heteroatoms. The zero-order valence-electron chi connectivity index (χ0n) is 18.3. The summed E-state index contributed by atoms with van der Waals surface area (Å²) in [6.07, 6.45) is 2.49. The van der Waals surface area contributed by atoms with Crippen molar-refractivity contribution in [3.8, 4) is 6.07 Å². The first kappa shape index (κ1) is 23.5. The Morgan fingerprint density at radius 2 is 1.90 bits per heavy atom. The van der Waals surface area contributed by atoms with Gasteiger partial charge in [-0.2, -0.15) is 5.26 Å². The molecule has 0 aliphatic carbocycles. The second-order valence-corrected chi connectivity index (χ2v) is 9.36. The Morgan fingerprint density at radius 3 is 2.52 bits per heavy atom. The van der Waals surface area contributed by atoms with Crippen molar-refractivity contribution in [2.75, 3.05) is 58.4 Å². The molecule has 0 atom stereocenters. The van der Waals surface area contributed by atoms with Crippen LogP contribution in [0.4, 0.5) is 5.82 Å². The molecule has 2 aliphatic heterocycles. The van der Waals surface area contributed by atoms with Crippen LogP contribution in [0.5, 0.6) is 0 Å². The van der Waals surface area contributed by atoms with Crippen molar-refractivity contribution in [1.82, 2.24) is 14.4 Å². The second-order valence-electron chi connectivity index (χ2n) is 7.68. The van der Waals surface area contributed by atoms with E-state index < -0.39 is 0 Å². The zero-order chi connectivity index (χ0) is 22.7. The lowest BCUT2D eigenvalue weighted by Crippen LogP contribution is -2.46. The normalized spacial score (nSPS) is 18.9. The number of methoxy groups -OCH3 is 1. The minimum Gasteiger partial charge on any atom is -0.385 e. The van der Waals surface area contributed by atoms with E-state index in [1.54, 1.807) is 32.1 Å². The number of aromatic nitrogens is 1. The van der Waals surface area contributed by atoms with Crippen LogP contribution in [0.3, 0.4) is 0 Å². The molecule has 0 spiro atoms. The van der Waals surface area contributed by atoms with Crippen LogP contribution in [0.15, 0.2) is 9.70 Å². The summed E-state index contributed by atoms with van der Waals surface area (Å²) in [5, 5.41) is 9.58. The number of nitriles is 1. The molecule has 166 valence electrons. The van der Waals surface area contributed by atoms with E-state index in [9.17, 15) is 14.9 Å². The number of carbonyl (C=O) groups is 1. The number of rotatable bonds is 6. The number of nitrogens with zero attached hydrogens (tertiary/aromatic N) is 5. The van der Waals surface area contributed by atoms with Crippen LogP contribution >= 0.6 is 24.0 Å². The summed E-state index contributed by atoms with van der Waals surface area (Å²) >= 11 is 6.68. The Morgan fingerprint density at radius 1 is 1.23 bits per heavy atom. The maximum atomic E-state index is 13.0. The highest BCUT2D eigenvalue weighted by atomic mass is 32.2. The van der Waals surface area contributed by atoms with Crippen LogP contribution in [0.25, 0.3) is 6.08 Å². The molecule has 0 radical (unpaired) electrons. The minimum atomic E-state index is -0.321. The van der Waals surface area contributed by atoms with Crippen LogP contribution in [0.2, 0.25) is 0 Å². The molecule has 31 heavy (non-hydrogen) atoms. The summed E-state index contributed by atoms with van der Waals surface area (Å²) in [4.78, 5) is 32.3. The first-order chi connectivity index (χ1) is 14.8. The Kier molecular flexibility index (Phi) is 7.54. The van der Waals surface area contributed by atoms with E-state index >= 15 is 0 Å². The summed E-state index contributed by atoms with van der Waals surface area (Å²) in [6, 6.07) is 2.04. The fourth-order valence-corrected chi connectivity index (χ4v) is 5.09. The number of hydrogen-bond donors (Lipinski definition) is 0. The number of ether oxygens (including phenoxy) is 1. The fourth-order valence-electron chi connectivity index (χ4n) is 3.80. The van der Waals surface area contributed by atoms with Gasteiger partial charge in [0.15, 0.2) is 0 Å². The average molecular weight is 462 g/mol. The molecule has 1 amide bonds. The van der Waals surface area contributed by atoms with E-state index in [0.29, 0.717) is 34.4 Å². The van der Waals surface area contributed by atoms with Gasteiger partial charge in [-0.05, 0) is 32.0 Å². The maximum Gasteiger partial charge on any atom is 0.270 e. The SMILES string of the molecule is COCCCN1C(=O)C(=Cc2c(C)c(C#N)c(=O)n(C)c2N2CCN(C)CC2)SC1=S. The number of thioether (sulfide) groups is 1. The molecule has 3 heterocycles. The van der Waals surface area contributed by atoms with Gasteiger partial charge in [-0.15, -0.1) is 0 Å². The number of carbonyl (C=O) groups excluding carboxylic acids is 1. The van der Waals surface area contributed by atoms with Crippen molar-refractivity contribution in [2.24, 2.45) is 7.05 Å². The van der Waals surface area contributed by atoms with Gasteiger partial charge in [-0.1, -0.05) is 24.0 Å². The second kappa shape index (κ2) is 9.96. The number of piperazine rings is 1. The van der Waals surface area contributed by atoms with Gasteiger partial charge in [-0.3, -0.25) is 19.1 Å². The zero-order valence-corrected chi connectivity index (χ0v) is 19.9. The summed E-state index contributed by atoms with van der Waals surface area (Å²) < 4.78 is 7.12. The average Bonchev–Trinajstić information content (AvgIpc) is 3.01. The van der Waals surface area contributed by atoms with Crippen molar-refractivity contribution in [3.63, 3.8) is 0 Å². The van der Waals surface area contributed by atoms with Crippen LogP contribution < -0.4 is 10.5 Å². The van der Waals surface area contributed by atoms with E-state index in [1.807, 2.05) is 6.07 Å². The van der Waals surface area contributed by atoms with Crippen molar-refractivity contribution < 1.29 is 9.53 Å². The molecule has 2 saturated heterocycles. The van der Waals surface area contributed by atoms with Gasteiger partial charge < -0.3 is 14.5 Å². The summed E-state index contributed by atoms with van der Waals surface area (Å²) in [5.41, 5.74) is 1.09. The third-order valence-corrected chi connectivity index (χ3v) is 7.03. The van der Waals surface area contributed by atoms with E-state index in [2.05, 4.69) is 16.8 Å². The minimum absolute atomic E-state index is 0.0993. The van der Waals surface area contributed by atoms with Crippen LogP contribution in [0.1, 0.15) is 23.1 Å². The lowest BCUT2D eigenvalue weighted by molar-refractivity contribution is -0.122. The molecule has 0 N–H and O–H groups in total. The van der Waals surface area contributed by atoms with Crippen molar-refractivity contribution >= 4 is 46.1 Å². The van der Waals surface area contributed by atoms with Gasteiger partial charge >= 0.3 is 0 Å². The molecule has 0 unspecified atom stereocenters. The molecule has 0 saturated carbocycles. The molecule has 0 aromatic carbocycles. The molecular formula is C21H27N5O3S2. The fraction of sp³-hybridized carbons (Fsp3) is 0.524. The molecule has 3 rings (SSSR count). The first-order valence-corrected chi connectivity index (χ1v) is 11.3. The summed E-state index contributed by atoms with van der Waals surface area (Å²) in [6.45, 7) is 6.07. The number of pyridine rings is 1. The number of thiocarbonyl (C=S) groups is 1. The van der Waals surface area contributed by atoms with Crippen molar-refractivity contribution in [1.29, 1.82) is 5.26 Å². The highest BCUT2D eigenvalue weighted by Gasteiger charge is 2.33. The third-order valence-electron chi connectivity index (χ3n) is 5.65. The molecular weight excluding hydrogens is 434 g/mol. The number of hydrogen-bond acceptors (Lipinski definition) is 8. The Hall–Kier alpha value is -2.19. The molecule has 1 aromatic heterocycles. The quantitative estimate of drug-likeness (QED) is 0.359. The van der Waals surface area contributed by atoms with E-state index in [-0.39, 0.29) is 17.0 Å². The summed E-state index contributed by atoms with van der Waals surface area (Å²) in [7, 11) is 5.37. The van der Waals surface area contributed by atoms with E-state index in [4.69, 9.17) is 17.0 Å². The van der Waals surface area contributed by atoms with E-state index in [0.717, 1.165) is 37.6 Å². The monoisotopic (exact) mass is 461 g/mol. The van der Waals surface area contributed by atoms with Crippen LogP contribution in [-0.4, -0.2) is 78.1 Å². The van der Waals surface area contributed by atoms with Gasteiger partial charge in [0, 0.05) is 59.1 Å². The molecule has 8 nitrogen and oxygen atoms in total. The number of anilines is 1. The maximum absolute atomic E-state index is 13.0. The van der Waals surface area contributed by atoms with Crippen molar-refractivity contribution in [3.05, 3.63) is 31.9 Å². The van der Waals surface area contributed by atoms with Gasteiger partial charge in [0.1, 0.15) is 21.8 Å².